The number of esters is 1. The molecular formula is C20H37N3O6. The number of ether oxygens (including phenoxy) is 3. The summed E-state index contributed by atoms with van der Waals surface area (Å²) in [4.78, 5) is 37.5. The van der Waals surface area contributed by atoms with Crippen molar-refractivity contribution < 1.29 is 28.6 Å². The molecule has 0 aliphatic carbocycles. The molecule has 0 aromatic rings. The largest absolute Gasteiger partial charge is 0.458 e. The lowest BCUT2D eigenvalue weighted by atomic mass is 10.1. The Kier molecular flexibility index (Phi) is 9.35. The molecule has 0 aromatic carbocycles. The number of likely N-dealkylation sites (tertiary alicyclic amines) is 1. The molecule has 29 heavy (non-hydrogen) atoms. The molecule has 3 N–H and O–H groups in total. The van der Waals surface area contributed by atoms with E-state index in [4.69, 9.17) is 19.9 Å². The SMILES string of the molecule is CC(C)(C)OC(=O)COC1CCN(C(=O)[C@@H](N)CCNC(=O)OC(C)(C)C)CC1. The highest BCUT2D eigenvalue weighted by molar-refractivity contribution is 5.81. The Morgan fingerprint density at radius 1 is 1.03 bits per heavy atom. The van der Waals surface area contributed by atoms with Crippen molar-refractivity contribution in [2.24, 2.45) is 5.73 Å². The van der Waals surface area contributed by atoms with Gasteiger partial charge in [0.25, 0.3) is 0 Å². The third-order valence-electron chi connectivity index (χ3n) is 4.05. The molecule has 9 nitrogen and oxygen atoms in total. The highest BCUT2D eigenvalue weighted by Crippen LogP contribution is 2.16. The first-order valence-electron chi connectivity index (χ1n) is 10.1. The lowest BCUT2D eigenvalue weighted by Gasteiger charge is -2.33. The van der Waals surface area contributed by atoms with Crippen molar-refractivity contribution >= 4 is 18.0 Å². The van der Waals surface area contributed by atoms with Crippen LogP contribution in [0.4, 0.5) is 4.79 Å². The van der Waals surface area contributed by atoms with Crippen molar-refractivity contribution in [2.45, 2.75) is 84.2 Å². The van der Waals surface area contributed by atoms with E-state index in [2.05, 4.69) is 5.32 Å². The maximum Gasteiger partial charge on any atom is 0.407 e. The van der Waals surface area contributed by atoms with Crippen LogP contribution in [0.2, 0.25) is 0 Å². The first-order valence-corrected chi connectivity index (χ1v) is 10.1. The number of carbonyl (C=O) groups excluding carboxylic acids is 3. The fourth-order valence-corrected chi connectivity index (χ4v) is 2.80. The summed E-state index contributed by atoms with van der Waals surface area (Å²) in [5, 5.41) is 2.60. The quantitative estimate of drug-likeness (QED) is 0.606. The maximum absolute atomic E-state index is 12.5. The van der Waals surface area contributed by atoms with Gasteiger partial charge in [0, 0.05) is 19.6 Å². The summed E-state index contributed by atoms with van der Waals surface area (Å²) in [5.74, 6) is -0.544. The van der Waals surface area contributed by atoms with Crippen LogP contribution in [-0.4, -0.2) is 72.5 Å². The second kappa shape index (κ2) is 10.8. The van der Waals surface area contributed by atoms with Gasteiger partial charge < -0.3 is 30.2 Å². The molecule has 168 valence electrons. The molecule has 1 fully saturated rings. The molecule has 9 heteroatoms. The van der Waals surface area contributed by atoms with E-state index in [9.17, 15) is 14.4 Å². The topological polar surface area (TPSA) is 120 Å². The van der Waals surface area contributed by atoms with Crippen molar-refractivity contribution in [1.82, 2.24) is 10.2 Å². The fourth-order valence-electron chi connectivity index (χ4n) is 2.80. The standard InChI is InChI=1S/C20H37N3O6/c1-19(2,3)28-16(24)13-27-14-8-11-23(12-9-14)17(25)15(21)7-10-22-18(26)29-20(4,5)6/h14-15H,7-13,21H2,1-6H3,(H,22,26)/t15-/m0/s1. The van der Waals surface area contributed by atoms with Crippen LogP contribution in [0.15, 0.2) is 0 Å². The second-order valence-electron chi connectivity index (χ2n) is 9.25. The van der Waals surface area contributed by atoms with Gasteiger partial charge in [-0.05, 0) is 60.8 Å². The van der Waals surface area contributed by atoms with Gasteiger partial charge in [-0.1, -0.05) is 0 Å². The summed E-state index contributed by atoms with van der Waals surface area (Å²) in [5.41, 5.74) is 4.87. The van der Waals surface area contributed by atoms with Gasteiger partial charge in [-0.15, -0.1) is 0 Å². The van der Waals surface area contributed by atoms with Gasteiger partial charge in [0.2, 0.25) is 5.91 Å². The van der Waals surface area contributed by atoms with Crippen molar-refractivity contribution in [3.05, 3.63) is 0 Å². The van der Waals surface area contributed by atoms with Gasteiger partial charge in [0.05, 0.1) is 12.1 Å². The lowest BCUT2D eigenvalue weighted by Crippen LogP contribution is -2.49. The number of piperidine rings is 1. The van der Waals surface area contributed by atoms with Gasteiger partial charge in [-0.2, -0.15) is 0 Å². The summed E-state index contributed by atoms with van der Waals surface area (Å²) >= 11 is 0. The van der Waals surface area contributed by atoms with E-state index in [1.807, 2.05) is 0 Å². The van der Waals surface area contributed by atoms with Gasteiger partial charge in [0.1, 0.15) is 17.8 Å². The second-order valence-corrected chi connectivity index (χ2v) is 9.25. The minimum atomic E-state index is -0.691. The molecule has 1 aliphatic rings. The van der Waals surface area contributed by atoms with E-state index in [0.29, 0.717) is 32.4 Å². The first kappa shape index (κ1) is 25.2. The third kappa shape index (κ3) is 11.0. The average molecular weight is 416 g/mol. The summed E-state index contributed by atoms with van der Waals surface area (Å²) in [6, 6.07) is -0.691. The Hall–Kier alpha value is -1.87. The maximum atomic E-state index is 12.5. The predicted octanol–water partition coefficient (Wildman–Crippen LogP) is 1.58. The smallest absolute Gasteiger partial charge is 0.407 e. The monoisotopic (exact) mass is 415 g/mol. The number of nitrogens with one attached hydrogen (secondary N) is 1. The summed E-state index contributed by atoms with van der Waals surface area (Å²) in [6.45, 7) is 12.0. The molecule has 1 rings (SSSR count). The number of nitrogens with zero attached hydrogens (tertiary/aromatic N) is 1. The zero-order valence-electron chi connectivity index (χ0n) is 18.6. The van der Waals surface area contributed by atoms with Gasteiger partial charge in [-0.3, -0.25) is 4.79 Å². The predicted molar refractivity (Wildman–Crippen MR) is 108 cm³/mol. The van der Waals surface area contributed by atoms with E-state index in [1.54, 1.807) is 46.4 Å². The zero-order valence-corrected chi connectivity index (χ0v) is 18.6. The summed E-state index contributed by atoms with van der Waals surface area (Å²) in [6.07, 6.45) is 0.985. The number of amides is 2. The van der Waals surface area contributed by atoms with E-state index in [0.717, 1.165) is 0 Å². The lowest BCUT2D eigenvalue weighted by molar-refractivity contribution is -0.163. The van der Waals surface area contributed by atoms with E-state index in [1.165, 1.54) is 0 Å². The number of hydrogen-bond acceptors (Lipinski definition) is 7. The Morgan fingerprint density at radius 3 is 2.10 bits per heavy atom. The van der Waals surface area contributed by atoms with Gasteiger partial charge >= 0.3 is 12.1 Å². The minimum absolute atomic E-state index is 0.0865. The molecular weight excluding hydrogens is 378 g/mol. The number of hydrogen-bond donors (Lipinski definition) is 2. The molecule has 0 spiro atoms. The number of alkyl carbamates (subject to hydrolysis) is 1. The summed E-state index contributed by atoms with van der Waals surface area (Å²) < 4.78 is 16.0. The Balaban J connectivity index is 2.27. The normalized spacial score (nSPS) is 16.9. The molecule has 0 radical (unpaired) electrons. The van der Waals surface area contributed by atoms with Crippen LogP contribution in [0.3, 0.4) is 0 Å². The van der Waals surface area contributed by atoms with Crippen molar-refractivity contribution in [1.29, 1.82) is 0 Å². The fraction of sp³-hybridized carbons (Fsp3) is 0.850. The van der Waals surface area contributed by atoms with E-state index in [-0.39, 0.29) is 25.2 Å². The van der Waals surface area contributed by atoms with Gasteiger partial charge in [-0.25, -0.2) is 9.59 Å². The molecule has 1 saturated heterocycles. The number of nitrogens with two attached hydrogens (primary N) is 1. The van der Waals surface area contributed by atoms with Crippen LogP contribution >= 0.6 is 0 Å². The Labute approximate surface area is 173 Å². The molecule has 1 heterocycles. The van der Waals surface area contributed by atoms with Gasteiger partial charge in [0.15, 0.2) is 0 Å². The van der Waals surface area contributed by atoms with Crippen LogP contribution in [-0.2, 0) is 23.8 Å². The molecule has 1 atom stereocenters. The van der Waals surface area contributed by atoms with Crippen LogP contribution in [0.1, 0.15) is 60.8 Å². The number of carbonyl (C=O) groups is 3. The van der Waals surface area contributed by atoms with Crippen LogP contribution in [0.25, 0.3) is 0 Å². The summed E-state index contributed by atoms with van der Waals surface area (Å²) in [7, 11) is 0. The van der Waals surface area contributed by atoms with E-state index < -0.39 is 29.3 Å². The minimum Gasteiger partial charge on any atom is -0.458 e. The van der Waals surface area contributed by atoms with Crippen LogP contribution in [0, 0.1) is 0 Å². The molecule has 1 aliphatic heterocycles. The highest BCUT2D eigenvalue weighted by Gasteiger charge is 2.27. The van der Waals surface area contributed by atoms with Crippen LogP contribution < -0.4 is 11.1 Å². The molecule has 2 amide bonds. The van der Waals surface area contributed by atoms with Crippen LogP contribution in [0.5, 0.6) is 0 Å². The Morgan fingerprint density at radius 2 is 1.59 bits per heavy atom. The van der Waals surface area contributed by atoms with E-state index >= 15 is 0 Å². The highest BCUT2D eigenvalue weighted by atomic mass is 16.6. The average Bonchev–Trinajstić information content (AvgIpc) is 2.56. The molecule has 0 bridgehead atoms. The zero-order chi connectivity index (χ0) is 22.2. The first-order chi connectivity index (χ1) is 13.3. The molecule has 0 unspecified atom stereocenters. The Bertz CT molecular complexity index is 560. The third-order valence-corrected chi connectivity index (χ3v) is 4.05. The number of rotatable bonds is 7. The van der Waals surface area contributed by atoms with Crippen molar-refractivity contribution in [3.8, 4) is 0 Å². The molecule has 0 aromatic heterocycles. The van der Waals surface area contributed by atoms with Crippen molar-refractivity contribution in [2.75, 3.05) is 26.2 Å². The molecule has 0 saturated carbocycles. The van der Waals surface area contributed by atoms with Crippen molar-refractivity contribution in [3.63, 3.8) is 0 Å².